The zero-order chi connectivity index (χ0) is 25.8. The Bertz CT molecular complexity index is 1190. The number of nitrogens with zero attached hydrogens (tertiary/aromatic N) is 1. The second-order valence-electron chi connectivity index (χ2n) is 12.8. The van der Waals surface area contributed by atoms with Crippen molar-refractivity contribution in [2.45, 2.75) is 108 Å². The van der Waals surface area contributed by atoms with Crippen molar-refractivity contribution in [3.63, 3.8) is 0 Å². The Kier molecular flexibility index (Phi) is 6.39. The minimum atomic E-state index is -0.916. The van der Waals surface area contributed by atoms with E-state index in [0.717, 1.165) is 38.5 Å². The number of carbonyl (C=O) groups excluding carboxylic acids is 1. The van der Waals surface area contributed by atoms with Gasteiger partial charge in [-0.15, -0.1) is 5.92 Å². The molecule has 0 bridgehead atoms. The number of benzene rings is 1. The molecule has 3 saturated carbocycles. The number of ketones is 1. The lowest BCUT2D eigenvalue weighted by molar-refractivity contribution is -0.114. The van der Waals surface area contributed by atoms with E-state index in [1.165, 1.54) is 54.5 Å². The monoisotopic (exact) mass is 497 g/mol. The van der Waals surface area contributed by atoms with Gasteiger partial charge in [-0.3, -0.25) is 4.79 Å². The van der Waals surface area contributed by atoms with Gasteiger partial charge < -0.3 is 10.0 Å². The van der Waals surface area contributed by atoms with Gasteiger partial charge in [0.05, 0.1) is 0 Å². The third-order valence-corrected chi connectivity index (χ3v) is 11.0. The van der Waals surface area contributed by atoms with Crippen LogP contribution in [-0.2, 0) is 4.79 Å². The van der Waals surface area contributed by atoms with Crippen LogP contribution in [0.25, 0.3) is 0 Å². The van der Waals surface area contributed by atoms with E-state index in [2.05, 4.69) is 55.0 Å². The maximum atomic E-state index is 12.3. The summed E-state index contributed by atoms with van der Waals surface area (Å²) in [6.45, 7) is 4.19. The minimum Gasteiger partial charge on any atom is -0.377 e. The third kappa shape index (κ3) is 4.02. The molecule has 2 unspecified atom stereocenters. The summed E-state index contributed by atoms with van der Waals surface area (Å²) in [5.41, 5.74) is 5.90. The first kappa shape index (κ1) is 25.0. The number of fused-ring (bicyclic) bond motifs is 4. The highest BCUT2D eigenvalue weighted by molar-refractivity contribution is 5.93. The predicted octanol–water partition coefficient (Wildman–Crippen LogP) is 7.11. The molecule has 5 atom stereocenters. The van der Waals surface area contributed by atoms with E-state index >= 15 is 0 Å². The van der Waals surface area contributed by atoms with Gasteiger partial charge in [-0.2, -0.15) is 0 Å². The normalized spacial score (nSPS) is 35.6. The van der Waals surface area contributed by atoms with Gasteiger partial charge in [-0.05, 0) is 105 Å². The summed E-state index contributed by atoms with van der Waals surface area (Å²) in [4.78, 5) is 14.8. The van der Waals surface area contributed by atoms with Crippen molar-refractivity contribution in [2.75, 3.05) is 11.9 Å². The molecule has 37 heavy (non-hydrogen) atoms. The fraction of sp³-hybridized carbons (Fsp3) is 0.618. The molecule has 0 saturated heterocycles. The zero-order valence-corrected chi connectivity index (χ0v) is 23.0. The van der Waals surface area contributed by atoms with E-state index in [0.29, 0.717) is 30.1 Å². The highest BCUT2D eigenvalue weighted by Crippen LogP contribution is 2.66. The molecule has 3 fully saturated rings. The minimum absolute atomic E-state index is 0.224. The molecule has 0 heterocycles. The Morgan fingerprint density at radius 1 is 1.00 bits per heavy atom. The van der Waals surface area contributed by atoms with E-state index in [-0.39, 0.29) is 11.3 Å². The number of anilines is 1. The second kappa shape index (κ2) is 9.46. The van der Waals surface area contributed by atoms with Gasteiger partial charge in [0.15, 0.2) is 5.78 Å². The molecular weight excluding hydrogens is 454 g/mol. The zero-order valence-electron chi connectivity index (χ0n) is 23.0. The van der Waals surface area contributed by atoms with E-state index in [4.69, 9.17) is 0 Å². The van der Waals surface area contributed by atoms with Gasteiger partial charge in [0.1, 0.15) is 5.60 Å². The maximum Gasteiger partial charge on any atom is 0.156 e. The fourth-order valence-electron chi connectivity index (χ4n) is 9.00. The van der Waals surface area contributed by atoms with Crippen LogP contribution in [0.15, 0.2) is 47.1 Å². The van der Waals surface area contributed by atoms with Crippen molar-refractivity contribution in [3.05, 3.63) is 52.6 Å². The SMILES string of the molecule is CC#C[C@]1(O)CCC2C3CCC4=CC(=O)CCC4=C3[C@@H](c3ccc(N(C)C4CCCCC4)cc3)C[C@@]21C. The summed E-state index contributed by atoms with van der Waals surface area (Å²) in [6.07, 6.45) is 15.0. The lowest BCUT2D eigenvalue weighted by Gasteiger charge is -2.53. The van der Waals surface area contributed by atoms with Gasteiger partial charge in [0, 0.05) is 36.5 Å². The molecule has 3 heteroatoms. The molecule has 0 aliphatic heterocycles. The second-order valence-corrected chi connectivity index (χ2v) is 12.8. The van der Waals surface area contributed by atoms with Crippen molar-refractivity contribution >= 4 is 11.5 Å². The average Bonchev–Trinajstić information content (AvgIpc) is 3.18. The van der Waals surface area contributed by atoms with Gasteiger partial charge >= 0.3 is 0 Å². The molecular formula is C34H43NO2. The van der Waals surface area contributed by atoms with E-state index in [9.17, 15) is 9.90 Å². The average molecular weight is 498 g/mol. The van der Waals surface area contributed by atoms with Crippen LogP contribution in [0.1, 0.15) is 102 Å². The molecule has 5 aliphatic carbocycles. The third-order valence-electron chi connectivity index (χ3n) is 11.0. The van der Waals surface area contributed by atoms with Crippen LogP contribution in [0.2, 0.25) is 0 Å². The van der Waals surface area contributed by atoms with E-state index in [1.54, 1.807) is 5.57 Å². The molecule has 0 aromatic heterocycles. The van der Waals surface area contributed by atoms with Crippen molar-refractivity contribution in [2.24, 2.45) is 17.3 Å². The summed E-state index contributed by atoms with van der Waals surface area (Å²) >= 11 is 0. The highest BCUT2D eigenvalue weighted by atomic mass is 16.3. The van der Waals surface area contributed by atoms with Crippen molar-refractivity contribution < 1.29 is 9.90 Å². The lowest BCUT2D eigenvalue weighted by atomic mass is 9.51. The Morgan fingerprint density at radius 2 is 1.76 bits per heavy atom. The standard InChI is InChI=1S/C34H43NO2/c1-4-19-34(37)20-18-31-29-16-12-24-21-27(36)15-17-28(24)32(29)30(22-33(31,34)2)23-10-13-26(14-11-23)35(3)25-8-6-5-7-9-25/h10-11,13-14,21,25,29-31,37H,5-9,12,15-18,20,22H2,1-3H3/t29?,30-,31?,33+,34+/m1/s1. The summed E-state index contributed by atoms with van der Waals surface area (Å²) < 4.78 is 0. The summed E-state index contributed by atoms with van der Waals surface area (Å²) in [6, 6.07) is 10.0. The van der Waals surface area contributed by atoms with Crippen LogP contribution < -0.4 is 4.90 Å². The fourth-order valence-corrected chi connectivity index (χ4v) is 9.00. The van der Waals surface area contributed by atoms with E-state index < -0.39 is 5.60 Å². The topological polar surface area (TPSA) is 40.5 Å². The Labute approximate surface area is 223 Å². The van der Waals surface area contributed by atoms with Gasteiger partial charge in [-0.25, -0.2) is 0 Å². The Balaban J connectivity index is 1.41. The predicted molar refractivity (Wildman–Crippen MR) is 150 cm³/mol. The number of hydrogen-bond donors (Lipinski definition) is 1. The molecule has 5 aliphatic rings. The molecule has 1 aromatic carbocycles. The number of rotatable bonds is 3. The first-order valence-electron chi connectivity index (χ1n) is 14.8. The summed E-state index contributed by atoms with van der Waals surface area (Å²) in [7, 11) is 2.26. The van der Waals surface area contributed by atoms with Gasteiger partial charge in [-0.1, -0.05) is 49.8 Å². The number of aliphatic hydroxyl groups is 1. The lowest BCUT2D eigenvalue weighted by Crippen LogP contribution is -2.51. The number of hydrogen-bond acceptors (Lipinski definition) is 3. The van der Waals surface area contributed by atoms with Crippen LogP contribution in [0.5, 0.6) is 0 Å². The quantitative estimate of drug-likeness (QED) is 0.453. The molecule has 1 aromatic rings. The first-order chi connectivity index (χ1) is 17.8. The molecule has 3 nitrogen and oxygen atoms in total. The number of carbonyl (C=O) groups is 1. The summed E-state index contributed by atoms with van der Waals surface area (Å²) in [5, 5.41) is 11.9. The van der Waals surface area contributed by atoms with Gasteiger partial charge in [0.25, 0.3) is 0 Å². The van der Waals surface area contributed by atoms with Crippen LogP contribution in [0.3, 0.4) is 0 Å². The van der Waals surface area contributed by atoms with Gasteiger partial charge in [0.2, 0.25) is 0 Å². The summed E-state index contributed by atoms with van der Waals surface area (Å²) in [5.74, 6) is 7.84. The molecule has 6 rings (SSSR count). The van der Waals surface area contributed by atoms with Crippen molar-refractivity contribution in [3.8, 4) is 11.8 Å². The molecule has 0 spiro atoms. The van der Waals surface area contributed by atoms with Crippen LogP contribution >= 0.6 is 0 Å². The maximum absolute atomic E-state index is 12.3. The van der Waals surface area contributed by atoms with Crippen molar-refractivity contribution in [1.82, 2.24) is 0 Å². The Morgan fingerprint density at radius 3 is 2.49 bits per heavy atom. The molecule has 0 amide bonds. The van der Waals surface area contributed by atoms with E-state index in [1.807, 2.05) is 13.0 Å². The molecule has 1 N–H and O–H groups in total. The van der Waals surface area contributed by atoms with Crippen LogP contribution in [0.4, 0.5) is 5.69 Å². The highest BCUT2D eigenvalue weighted by Gasteiger charge is 2.62. The molecule has 196 valence electrons. The first-order valence-corrected chi connectivity index (χ1v) is 14.8. The Hall–Kier alpha value is -2.31. The largest absolute Gasteiger partial charge is 0.377 e. The van der Waals surface area contributed by atoms with Crippen LogP contribution in [0, 0.1) is 29.1 Å². The van der Waals surface area contributed by atoms with Crippen LogP contribution in [-0.4, -0.2) is 29.6 Å². The number of allylic oxidation sites excluding steroid dienone is 4. The smallest absolute Gasteiger partial charge is 0.156 e. The van der Waals surface area contributed by atoms with Crippen molar-refractivity contribution in [1.29, 1.82) is 0 Å². The molecule has 0 radical (unpaired) electrons.